The molecule has 10 heavy (non-hydrogen) atoms. The van der Waals surface area contributed by atoms with Crippen molar-refractivity contribution in [2.45, 2.75) is 12.5 Å². The average Bonchev–Trinajstić information content (AvgIpc) is 1.63. The Kier molecular flexibility index (Phi) is 8.23. The number of carboxylic acid groups (broad SMARTS) is 1. The SMILES string of the molecule is NC(=O)CC(N)C(=O)[O-].[K+]. The van der Waals surface area contributed by atoms with Gasteiger partial charge in [0.1, 0.15) is 0 Å². The number of nitrogens with two attached hydrogens (primary N) is 2. The van der Waals surface area contributed by atoms with Gasteiger partial charge in [0, 0.05) is 6.42 Å². The van der Waals surface area contributed by atoms with Crippen LogP contribution in [0.3, 0.4) is 0 Å². The molecule has 0 rings (SSSR count). The molecular formula is C4H7KN2O3. The summed E-state index contributed by atoms with van der Waals surface area (Å²) in [5.41, 5.74) is 9.48. The zero-order valence-corrected chi connectivity index (χ0v) is 8.79. The Morgan fingerprint density at radius 2 is 1.90 bits per heavy atom. The number of amides is 1. The van der Waals surface area contributed by atoms with Gasteiger partial charge in [0.15, 0.2) is 0 Å². The van der Waals surface area contributed by atoms with Gasteiger partial charge in [-0.25, -0.2) is 0 Å². The Labute approximate surface area is 101 Å². The van der Waals surface area contributed by atoms with Crippen LogP contribution in [-0.4, -0.2) is 17.9 Å². The summed E-state index contributed by atoms with van der Waals surface area (Å²) in [5, 5.41) is 9.79. The molecule has 5 nitrogen and oxygen atoms in total. The molecule has 0 aliphatic rings. The van der Waals surface area contributed by atoms with Crippen LogP contribution in [0.1, 0.15) is 6.42 Å². The van der Waals surface area contributed by atoms with Gasteiger partial charge in [0.25, 0.3) is 0 Å². The van der Waals surface area contributed by atoms with Crippen molar-refractivity contribution in [3.63, 3.8) is 0 Å². The molecular weight excluding hydrogens is 163 g/mol. The van der Waals surface area contributed by atoms with Crippen molar-refractivity contribution >= 4 is 11.9 Å². The second-order valence-corrected chi connectivity index (χ2v) is 1.60. The zero-order chi connectivity index (χ0) is 7.44. The Bertz CT molecular complexity index is 138. The fourth-order valence-electron chi connectivity index (χ4n) is 0.300. The van der Waals surface area contributed by atoms with Crippen molar-refractivity contribution in [3.05, 3.63) is 0 Å². The molecule has 1 amide bonds. The molecule has 0 aromatic rings. The largest absolute Gasteiger partial charge is 1.00 e. The summed E-state index contributed by atoms with van der Waals surface area (Å²) in [6.07, 6.45) is -0.373. The van der Waals surface area contributed by atoms with E-state index in [0.717, 1.165) is 0 Å². The smallest absolute Gasteiger partial charge is 0.548 e. The van der Waals surface area contributed by atoms with Crippen LogP contribution in [0.5, 0.6) is 0 Å². The molecule has 0 aromatic carbocycles. The van der Waals surface area contributed by atoms with E-state index in [1.165, 1.54) is 0 Å². The zero-order valence-electron chi connectivity index (χ0n) is 5.66. The summed E-state index contributed by atoms with van der Waals surface area (Å²) >= 11 is 0. The van der Waals surface area contributed by atoms with E-state index in [1.807, 2.05) is 0 Å². The third-order valence-electron chi connectivity index (χ3n) is 0.724. The normalized spacial score (nSPS) is 11.3. The maximum atomic E-state index is 9.97. The molecule has 1 atom stereocenters. The molecule has 4 N–H and O–H groups in total. The second-order valence-electron chi connectivity index (χ2n) is 1.60. The Morgan fingerprint density at radius 3 is 2.00 bits per heavy atom. The number of carbonyl (C=O) groups is 2. The summed E-state index contributed by atoms with van der Waals surface area (Å²) in [4.78, 5) is 19.8. The van der Waals surface area contributed by atoms with Crippen LogP contribution in [0, 0.1) is 0 Å². The van der Waals surface area contributed by atoms with E-state index in [2.05, 4.69) is 5.73 Å². The van der Waals surface area contributed by atoms with Gasteiger partial charge in [-0.1, -0.05) is 0 Å². The topological polar surface area (TPSA) is 109 Å². The summed E-state index contributed by atoms with van der Waals surface area (Å²) in [5.74, 6) is -2.21. The average molecular weight is 170 g/mol. The molecule has 0 bridgehead atoms. The Hall–Kier alpha value is 0.536. The van der Waals surface area contributed by atoms with Crippen LogP contribution < -0.4 is 68.0 Å². The third kappa shape index (κ3) is 6.65. The monoisotopic (exact) mass is 170 g/mol. The molecule has 0 radical (unpaired) electrons. The van der Waals surface area contributed by atoms with Gasteiger partial charge in [0.05, 0.1) is 12.0 Å². The summed E-state index contributed by atoms with van der Waals surface area (Å²) in [7, 11) is 0. The first-order chi connectivity index (χ1) is 4.04. The van der Waals surface area contributed by atoms with E-state index in [-0.39, 0.29) is 57.8 Å². The third-order valence-corrected chi connectivity index (χ3v) is 0.724. The van der Waals surface area contributed by atoms with Gasteiger partial charge in [-0.3, -0.25) is 4.79 Å². The standard InChI is InChI=1S/C4H8N2O3.K/c5-2(4(8)9)1-3(6)7;/h2H,1,5H2,(H2,6,7)(H,8,9);/q;+1/p-1. The predicted octanol–water partition coefficient (Wildman–Crippen LogP) is -6.06. The van der Waals surface area contributed by atoms with Crippen LogP contribution in [0.25, 0.3) is 0 Å². The summed E-state index contributed by atoms with van der Waals surface area (Å²) in [6.45, 7) is 0. The van der Waals surface area contributed by atoms with Crippen LogP contribution in [0.15, 0.2) is 0 Å². The van der Waals surface area contributed by atoms with Gasteiger partial charge >= 0.3 is 51.4 Å². The molecule has 0 aromatic heterocycles. The predicted molar refractivity (Wildman–Crippen MR) is 26.8 cm³/mol. The Balaban J connectivity index is 0. The van der Waals surface area contributed by atoms with Crippen LogP contribution in [0.2, 0.25) is 0 Å². The minimum atomic E-state index is -1.46. The number of aliphatic carboxylic acids is 1. The molecule has 0 fully saturated rings. The van der Waals surface area contributed by atoms with Crippen molar-refractivity contribution in [1.29, 1.82) is 0 Å². The number of rotatable bonds is 3. The van der Waals surface area contributed by atoms with Crippen molar-refractivity contribution in [1.82, 2.24) is 0 Å². The van der Waals surface area contributed by atoms with E-state index in [1.54, 1.807) is 0 Å². The minimum Gasteiger partial charge on any atom is -0.548 e. The fourth-order valence-corrected chi connectivity index (χ4v) is 0.300. The second kappa shape index (κ2) is 6.26. The molecule has 0 spiro atoms. The summed E-state index contributed by atoms with van der Waals surface area (Å²) < 4.78 is 0. The molecule has 0 aliphatic carbocycles. The first-order valence-corrected chi connectivity index (χ1v) is 2.28. The van der Waals surface area contributed by atoms with Crippen molar-refractivity contribution in [2.75, 3.05) is 0 Å². The van der Waals surface area contributed by atoms with Gasteiger partial charge in [-0.05, 0) is 0 Å². The molecule has 6 heteroatoms. The van der Waals surface area contributed by atoms with Gasteiger partial charge in [-0.2, -0.15) is 0 Å². The number of carbonyl (C=O) groups excluding carboxylic acids is 2. The molecule has 52 valence electrons. The van der Waals surface area contributed by atoms with Gasteiger partial charge in [0.2, 0.25) is 5.91 Å². The number of hydrogen-bond acceptors (Lipinski definition) is 4. The maximum Gasteiger partial charge on any atom is 1.00 e. The first-order valence-electron chi connectivity index (χ1n) is 2.28. The van der Waals surface area contributed by atoms with E-state index >= 15 is 0 Å². The quantitative estimate of drug-likeness (QED) is 0.411. The minimum absolute atomic E-state index is 0. The van der Waals surface area contributed by atoms with E-state index in [4.69, 9.17) is 5.73 Å². The summed E-state index contributed by atoms with van der Waals surface area (Å²) in [6, 6.07) is -1.28. The number of carboxylic acids is 1. The van der Waals surface area contributed by atoms with Crippen LogP contribution >= 0.6 is 0 Å². The molecule has 0 heterocycles. The molecule has 1 unspecified atom stereocenters. The van der Waals surface area contributed by atoms with Crippen molar-refractivity contribution < 1.29 is 66.1 Å². The fraction of sp³-hybridized carbons (Fsp3) is 0.500. The molecule has 0 saturated heterocycles. The van der Waals surface area contributed by atoms with Crippen molar-refractivity contribution in [2.24, 2.45) is 11.5 Å². The first kappa shape index (κ1) is 13.1. The van der Waals surface area contributed by atoms with Gasteiger partial charge < -0.3 is 21.4 Å². The number of primary amides is 1. The maximum absolute atomic E-state index is 9.97. The van der Waals surface area contributed by atoms with Crippen LogP contribution in [-0.2, 0) is 9.59 Å². The molecule has 0 saturated carbocycles. The van der Waals surface area contributed by atoms with E-state index < -0.39 is 17.9 Å². The van der Waals surface area contributed by atoms with E-state index in [9.17, 15) is 14.7 Å². The molecule has 0 aliphatic heterocycles. The van der Waals surface area contributed by atoms with E-state index in [0.29, 0.717) is 0 Å². The van der Waals surface area contributed by atoms with Crippen molar-refractivity contribution in [3.8, 4) is 0 Å². The van der Waals surface area contributed by atoms with Gasteiger partial charge in [-0.15, -0.1) is 0 Å². The number of hydrogen-bond donors (Lipinski definition) is 2. The van der Waals surface area contributed by atoms with Crippen LogP contribution in [0.4, 0.5) is 0 Å². The Morgan fingerprint density at radius 1 is 1.50 bits per heavy atom.